The molecule has 5 aromatic rings. The van der Waals surface area contributed by atoms with Crippen molar-refractivity contribution in [3.05, 3.63) is 101 Å². The first kappa shape index (κ1) is 45.5. The van der Waals surface area contributed by atoms with E-state index in [4.69, 9.17) is 13.9 Å². The number of piperidine rings is 1. The molecule has 6 amide bonds. The highest BCUT2D eigenvalue weighted by Crippen LogP contribution is 2.32. The summed E-state index contributed by atoms with van der Waals surface area (Å²) in [7, 11) is 1.42. The van der Waals surface area contributed by atoms with E-state index < -0.39 is 54.2 Å². The van der Waals surface area contributed by atoms with E-state index in [0.717, 1.165) is 16.7 Å². The Bertz CT molecular complexity index is 2580. The molecule has 340 valence electrons. The molecule has 3 aromatic heterocycles. The van der Waals surface area contributed by atoms with E-state index in [1.54, 1.807) is 24.3 Å². The molecule has 2 aliphatic rings. The van der Waals surface area contributed by atoms with Crippen LogP contribution in [0.5, 0.6) is 0 Å². The summed E-state index contributed by atoms with van der Waals surface area (Å²) >= 11 is 0. The fourth-order valence-corrected chi connectivity index (χ4v) is 6.82. The van der Waals surface area contributed by atoms with Crippen molar-refractivity contribution < 1.29 is 55.8 Å². The number of alkyl halides is 3. The molecule has 23 heteroatoms. The van der Waals surface area contributed by atoms with Gasteiger partial charge in [0.2, 0.25) is 17.7 Å². The second-order valence-electron chi connectivity index (χ2n) is 14.5. The van der Waals surface area contributed by atoms with Crippen molar-refractivity contribution in [1.82, 2.24) is 40.6 Å². The Morgan fingerprint density at radius 3 is 2.43 bits per heavy atom. The summed E-state index contributed by atoms with van der Waals surface area (Å²) in [5.41, 5.74) is 2.49. The third-order valence-electron chi connectivity index (χ3n) is 9.97. The Morgan fingerprint density at radius 2 is 1.69 bits per heavy atom. The zero-order chi connectivity index (χ0) is 46.1. The molecular formula is C42H42F3N11O9. The number of oxazole rings is 1. The standard InChI is InChI=1S/C42H42F3N11O9/c1-46-38(60)35-29(51-36(58)30-22-65-39(52-30)25-11-12-49-32(19-25)50-23-42(43,44)45)21-55(54-35)26-7-5-24(6-8-26)20-47-13-15-63-17-18-64-16-14-48-28-4-2-3-27-34(28)41(62)56(40(27)61)31-9-10-33(57)53-37(31)59/h2-8,11-12,19,21-22,31,47-48H,9-10,13-18,20,23H2,1H3,(H,46,60)(H,49,50)(H,51,58)(H,53,57,59). The number of nitrogens with one attached hydrogen (secondary N) is 6. The number of imide groups is 2. The van der Waals surface area contributed by atoms with E-state index >= 15 is 0 Å². The molecule has 2 aliphatic heterocycles. The smallest absolute Gasteiger partial charge is 0.405 e. The predicted molar refractivity (Wildman–Crippen MR) is 224 cm³/mol. The van der Waals surface area contributed by atoms with Crippen molar-refractivity contribution >= 4 is 52.6 Å². The quantitative estimate of drug-likeness (QED) is 0.0485. The van der Waals surface area contributed by atoms with Gasteiger partial charge in [0, 0.05) is 50.6 Å². The second kappa shape index (κ2) is 20.3. The highest BCUT2D eigenvalue weighted by molar-refractivity contribution is 6.25. The topological polar surface area (TPSA) is 253 Å². The van der Waals surface area contributed by atoms with E-state index in [0.29, 0.717) is 57.4 Å². The number of benzene rings is 2. The van der Waals surface area contributed by atoms with Gasteiger partial charge in [0.25, 0.3) is 23.6 Å². The van der Waals surface area contributed by atoms with Gasteiger partial charge >= 0.3 is 6.18 Å². The molecule has 7 rings (SSSR count). The first-order valence-corrected chi connectivity index (χ1v) is 20.2. The molecule has 0 saturated carbocycles. The van der Waals surface area contributed by atoms with Crippen LogP contribution in [0.25, 0.3) is 17.1 Å². The molecule has 0 aliphatic carbocycles. The van der Waals surface area contributed by atoms with Crippen molar-refractivity contribution in [1.29, 1.82) is 0 Å². The molecule has 0 spiro atoms. The number of carbonyl (C=O) groups excluding carboxylic acids is 6. The average molecular weight is 902 g/mol. The number of ether oxygens (including phenoxy) is 2. The monoisotopic (exact) mass is 901 g/mol. The van der Waals surface area contributed by atoms with E-state index in [2.05, 4.69) is 47.0 Å². The number of amides is 6. The summed E-state index contributed by atoms with van der Waals surface area (Å²) in [5, 5.41) is 20.3. The third-order valence-corrected chi connectivity index (χ3v) is 9.97. The zero-order valence-electron chi connectivity index (χ0n) is 34.6. The third kappa shape index (κ3) is 11.2. The summed E-state index contributed by atoms with van der Waals surface area (Å²) in [6, 6.07) is 13.9. The lowest BCUT2D eigenvalue weighted by molar-refractivity contribution is -0.136. The minimum absolute atomic E-state index is 0.0377. The number of hydrogen-bond donors (Lipinski definition) is 6. The largest absolute Gasteiger partial charge is 0.444 e. The van der Waals surface area contributed by atoms with Crippen LogP contribution in [-0.2, 0) is 25.6 Å². The predicted octanol–water partition coefficient (Wildman–Crippen LogP) is 3.14. The number of anilines is 3. The number of nitrogens with zero attached hydrogens (tertiary/aromatic N) is 5. The Kier molecular flexibility index (Phi) is 14.2. The summed E-state index contributed by atoms with van der Waals surface area (Å²) in [4.78, 5) is 85.0. The highest BCUT2D eigenvalue weighted by atomic mass is 19.4. The lowest BCUT2D eigenvalue weighted by atomic mass is 10.0. The van der Waals surface area contributed by atoms with Crippen molar-refractivity contribution in [3.63, 3.8) is 0 Å². The minimum atomic E-state index is -4.45. The molecule has 0 bridgehead atoms. The number of pyridine rings is 1. The van der Waals surface area contributed by atoms with Crippen LogP contribution in [0.4, 0.5) is 30.4 Å². The van der Waals surface area contributed by atoms with Crippen LogP contribution in [0.15, 0.2) is 77.7 Å². The normalized spacial score (nSPS) is 14.9. The maximum atomic E-state index is 13.2. The van der Waals surface area contributed by atoms with Gasteiger partial charge in [-0.1, -0.05) is 18.2 Å². The van der Waals surface area contributed by atoms with E-state index in [-0.39, 0.29) is 58.3 Å². The fraction of sp³-hybridized carbons (Fsp3) is 0.310. The minimum Gasteiger partial charge on any atom is -0.444 e. The van der Waals surface area contributed by atoms with E-state index in [1.165, 1.54) is 42.3 Å². The number of aromatic nitrogens is 4. The first-order valence-electron chi connectivity index (χ1n) is 20.2. The molecule has 0 radical (unpaired) electrons. The van der Waals surface area contributed by atoms with Gasteiger partial charge in [0.05, 0.1) is 55.1 Å². The van der Waals surface area contributed by atoms with Gasteiger partial charge in [0.1, 0.15) is 24.7 Å². The molecule has 20 nitrogen and oxygen atoms in total. The average Bonchev–Trinajstić information content (AvgIpc) is 4.02. The molecule has 1 fully saturated rings. The number of halogens is 3. The van der Waals surface area contributed by atoms with Crippen LogP contribution in [0, 0.1) is 0 Å². The Labute approximate surface area is 367 Å². The summed E-state index contributed by atoms with van der Waals surface area (Å²) in [6.45, 7) is 1.51. The van der Waals surface area contributed by atoms with Crippen LogP contribution in [0.1, 0.15) is 60.1 Å². The Balaban J connectivity index is 0.813. The van der Waals surface area contributed by atoms with Crippen LogP contribution in [-0.4, -0.2) is 125 Å². The molecular weight excluding hydrogens is 860 g/mol. The van der Waals surface area contributed by atoms with E-state index in [9.17, 15) is 41.9 Å². The van der Waals surface area contributed by atoms with Crippen molar-refractivity contribution in [2.75, 3.05) is 69.1 Å². The molecule has 65 heavy (non-hydrogen) atoms. The molecule has 2 aromatic carbocycles. The second-order valence-corrected chi connectivity index (χ2v) is 14.5. The summed E-state index contributed by atoms with van der Waals surface area (Å²) < 4.78 is 56.0. The maximum Gasteiger partial charge on any atom is 0.405 e. The lowest BCUT2D eigenvalue weighted by Crippen LogP contribution is -2.54. The van der Waals surface area contributed by atoms with Crippen LogP contribution in [0.3, 0.4) is 0 Å². The van der Waals surface area contributed by atoms with Crippen LogP contribution in [0.2, 0.25) is 0 Å². The van der Waals surface area contributed by atoms with E-state index in [1.807, 2.05) is 12.1 Å². The van der Waals surface area contributed by atoms with Crippen LogP contribution < -0.4 is 31.9 Å². The van der Waals surface area contributed by atoms with Gasteiger partial charge in [-0.25, -0.2) is 14.6 Å². The van der Waals surface area contributed by atoms with Gasteiger partial charge in [0.15, 0.2) is 11.4 Å². The van der Waals surface area contributed by atoms with Crippen molar-refractivity contribution in [2.45, 2.75) is 31.6 Å². The summed E-state index contributed by atoms with van der Waals surface area (Å²) in [5.74, 6) is -3.67. The molecule has 1 saturated heterocycles. The molecule has 5 heterocycles. The molecule has 1 atom stereocenters. The van der Waals surface area contributed by atoms with Gasteiger partial charge in [-0.05, 0) is 48.4 Å². The number of fused-ring (bicyclic) bond motifs is 1. The maximum absolute atomic E-state index is 13.2. The molecule has 6 N–H and O–H groups in total. The number of rotatable bonds is 20. The van der Waals surface area contributed by atoms with Gasteiger partial charge in [-0.15, -0.1) is 0 Å². The molecule has 1 unspecified atom stereocenters. The van der Waals surface area contributed by atoms with Gasteiger partial charge in [-0.3, -0.25) is 39.0 Å². The number of hydrogen-bond acceptors (Lipinski definition) is 15. The zero-order valence-corrected chi connectivity index (χ0v) is 34.6. The van der Waals surface area contributed by atoms with Crippen molar-refractivity contribution in [2.24, 2.45) is 0 Å². The Hall–Kier alpha value is -7.50. The van der Waals surface area contributed by atoms with Gasteiger partial charge < -0.3 is 40.5 Å². The fourth-order valence-electron chi connectivity index (χ4n) is 6.82. The highest BCUT2D eigenvalue weighted by Gasteiger charge is 2.45. The number of carbonyl (C=O) groups is 6. The Morgan fingerprint density at radius 1 is 0.923 bits per heavy atom. The lowest BCUT2D eigenvalue weighted by Gasteiger charge is -2.27. The van der Waals surface area contributed by atoms with Crippen molar-refractivity contribution in [3.8, 4) is 17.1 Å². The SMILES string of the molecule is CNC(=O)c1nn(-c2ccc(CNCCOCCOCCNc3cccc4c3C(=O)N(C3CCC(=O)NC3=O)C4=O)cc2)cc1NC(=O)c1coc(-c2ccnc(NCC(F)(F)F)c2)n1. The first-order chi connectivity index (χ1) is 31.3. The van der Waals surface area contributed by atoms with Gasteiger partial charge in [-0.2, -0.15) is 18.3 Å². The summed E-state index contributed by atoms with van der Waals surface area (Å²) in [6.07, 6.45) is -0.526. The van der Waals surface area contributed by atoms with Crippen LogP contribution >= 0.6 is 0 Å².